The van der Waals surface area contributed by atoms with Gasteiger partial charge in [-0.3, -0.25) is 0 Å². The Morgan fingerprint density at radius 2 is 1.88 bits per heavy atom. The molecule has 0 bridgehead atoms. The Bertz CT molecular complexity index is 316. The highest BCUT2D eigenvalue weighted by atomic mass is 16.5. The summed E-state index contributed by atoms with van der Waals surface area (Å²) in [5, 5.41) is 0. The SMILES string of the molecule is CCCCOc1ccc(C(=O)OCC)cc1. The minimum absolute atomic E-state index is 0.289. The van der Waals surface area contributed by atoms with Gasteiger partial charge in [-0.1, -0.05) is 13.3 Å². The Morgan fingerprint density at radius 3 is 2.44 bits per heavy atom. The van der Waals surface area contributed by atoms with Crippen LogP contribution < -0.4 is 4.74 Å². The zero-order valence-electron chi connectivity index (χ0n) is 9.86. The van der Waals surface area contributed by atoms with Crippen molar-refractivity contribution < 1.29 is 14.3 Å². The van der Waals surface area contributed by atoms with Gasteiger partial charge in [0.15, 0.2) is 0 Å². The molecule has 0 heterocycles. The van der Waals surface area contributed by atoms with E-state index in [2.05, 4.69) is 6.92 Å². The first-order valence-electron chi connectivity index (χ1n) is 5.68. The van der Waals surface area contributed by atoms with E-state index in [1.54, 1.807) is 31.2 Å². The standard InChI is InChI=1S/C13H18O3/c1-3-5-10-16-12-8-6-11(7-9-12)13(14)15-4-2/h6-9H,3-5,10H2,1-2H3. The van der Waals surface area contributed by atoms with Crippen molar-refractivity contribution in [2.24, 2.45) is 0 Å². The van der Waals surface area contributed by atoms with Crippen LogP contribution in [0.2, 0.25) is 0 Å². The van der Waals surface area contributed by atoms with Crippen molar-refractivity contribution in [1.29, 1.82) is 0 Å². The van der Waals surface area contributed by atoms with Crippen molar-refractivity contribution in [3.8, 4) is 5.75 Å². The number of rotatable bonds is 6. The van der Waals surface area contributed by atoms with Gasteiger partial charge in [0.25, 0.3) is 0 Å². The van der Waals surface area contributed by atoms with Gasteiger partial charge in [-0.15, -0.1) is 0 Å². The van der Waals surface area contributed by atoms with E-state index in [1.165, 1.54) is 0 Å². The number of carbonyl (C=O) groups excluding carboxylic acids is 1. The third-order valence-corrected chi connectivity index (χ3v) is 2.13. The molecule has 0 radical (unpaired) electrons. The Hall–Kier alpha value is -1.51. The Labute approximate surface area is 96.4 Å². The fraction of sp³-hybridized carbons (Fsp3) is 0.462. The Balaban J connectivity index is 2.50. The van der Waals surface area contributed by atoms with Crippen LogP contribution in [0.15, 0.2) is 24.3 Å². The van der Waals surface area contributed by atoms with E-state index in [0.717, 1.165) is 25.2 Å². The molecule has 0 saturated carbocycles. The van der Waals surface area contributed by atoms with E-state index in [0.29, 0.717) is 12.2 Å². The summed E-state index contributed by atoms with van der Waals surface area (Å²) in [4.78, 5) is 11.4. The summed E-state index contributed by atoms with van der Waals surface area (Å²) in [6.07, 6.45) is 2.15. The van der Waals surface area contributed by atoms with E-state index in [4.69, 9.17) is 9.47 Å². The summed E-state index contributed by atoms with van der Waals surface area (Å²) in [6.45, 7) is 5.02. The third kappa shape index (κ3) is 3.93. The molecule has 0 fully saturated rings. The molecule has 0 aromatic heterocycles. The summed E-state index contributed by atoms with van der Waals surface area (Å²) in [5.41, 5.74) is 0.560. The van der Waals surface area contributed by atoms with Gasteiger partial charge < -0.3 is 9.47 Å². The average Bonchev–Trinajstić information content (AvgIpc) is 2.30. The van der Waals surface area contributed by atoms with E-state index in [1.807, 2.05) is 0 Å². The molecule has 0 unspecified atom stereocenters. The first kappa shape index (κ1) is 12.6. The minimum Gasteiger partial charge on any atom is -0.494 e. The van der Waals surface area contributed by atoms with Crippen LogP contribution in [0.4, 0.5) is 0 Å². The fourth-order valence-corrected chi connectivity index (χ4v) is 1.24. The second-order valence-corrected chi connectivity index (χ2v) is 3.45. The molecule has 0 spiro atoms. The molecule has 0 N–H and O–H groups in total. The van der Waals surface area contributed by atoms with Crippen molar-refractivity contribution in [1.82, 2.24) is 0 Å². The van der Waals surface area contributed by atoms with Crippen LogP contribution >= 0.6 is 0 Å². The van der Waals surface area contributed by atoms with Gasteiger partial charge >= 0.3 is 5.97 Å². The van der Waals surface area contributed by atoms with Gasteiger partial charge in [0.05, 0.1) is 18.8 Å². The quantitative estimate of drug-likeness (QED) is 0.548. The fourth-order valence-electron chi connectivity index (χ4n) is 1.24. The lowest BCUT2D eigenvalue weighted by Crippen LogP contribution is -2.04. The molecule has 16 heavy (non-hydrogen) atoms. The maximum Gasteiger partial charge on any atom is 0.338 e. The first-order chi connectivity index (χ1) is 7.77. The van der Waals surface area contributed by atoms with Gasteiger partial charge in [-0.2, -0.15) is 0 Å². The molecule has 0 atom stereocenters. The normalized spacial score (nSPS) is 9.88. The van der Waals surface area contributed by atoms with Crippen LogP contribution in [0.1, 0.15) is 37.0 Å². The lowest BCUT2D eigenvalue weighted by atomic mass is 10.2. The van der Waals surface area contributed by atoms with Crippen LogP contribution in [0.3, 0.4) is 0 Å². The van der Waals surface area contributed by atoms with Crippen molar-refractivity contribution in [2.75, 3.05) is 13.2 Å². The third-order valence-electron chi connectivity index (χ3n) is 2.13. The molecule has 1 rings (SSSR count). The smallest absolute Gasteiger partial charge is 0.338 e. The van der Waals surface area contributed by atoms with Crippen molar-refractivity contribution in [3.05, 3.63) is 29.8 Å². The summed E-state index contributed by atoms with van der Waals surface area (Å²) in [5.74, 6) is 0.504. The molecule has 3 nitrogen and oxygen atoms in total. The van der Waals surface area contributed by atoms with E-state index >= 15 is 0 Å². The molecule has 3 heteroatoms. The zero-order chi connectivity index (χ0) is 11.8. The molecule has 0 saturated heterocycles. The van der Waals surface area contributed by atoms with Gasteiger partial charge in [-0.05, 0) is 37.6 Å². The van der Waals surface area contributed by atoms with Crippen LogP contribution in [0.5, 0.6) is 5.75 Å². The lowest BCUT2D eigenvalue weighted by Gasteiger charge is -2.06. The van der Waals surface area contributed by atoms with Crippen molar-refractivity contribution in [2.45, 2.75) is 26.7 Å². The summed E-state index contributed by atoms with van der Waals surface area (Å²) < 4.78 is 10.4. The van der Waals surface area contributed by atoms with Crippen LogP contribution in [0, 0.1) is 0 Å². The molecule has 0 aliphatic rings. The molecule has 88 valence electrons. The highest BCUT2D eigenvalue weighted by Gasteiger charge is 2.05. The minimum atomic E-state index is -0.289. The van der Waals surface area contributed by atoms with Crippen LogP contribution in [0.25, 0.3) is 0 Å². The van der Waals surface area contributed by atoms with E-state index in [9.17, 15) is 4.79 Å². The lowest BCUT2D eigenvalue weighted by molar-refractivity contribution is 0.0526. The maximum atomic E-state index is 11.4. The van der Waals surface area contributed by atoms with E-state index < -0.39 is 0 Å². The molecule has 0 aliphatic heterocycles. The van der Waals surface area contributed by atoms with Crippen LogP contribution in [-0.4, -0.2) is 19.2 Å². The number of ether oxygens (including phenoxy) is 2. The van der Waals surface area contributed by atoms with Crippen molar-refractivity contribution in [3.63, 3.8) is 0 Å². The zero-order valence-corrected chi connectivity index (χ0v) is 9.86. The second kappa shape index (κ2) is 6.88. The second-order valence-electron chi connectivity index (χ2n) is 3.45. The maximum absolute atomic E-state index is 11.4. The number of carbonyl (C=O) groups is 1. The molecule has 0 amide bonds. The van der Waals surface area contributed by atoms with Gasteiger partial charge in [0.1, 0.15) is 5.75 Å². The summed E-state index contributed by atoms with van der Waals surface area (Å²) in [7, 11) is 0. The summed E-state index contributed by atoms with van der Waals surface area (Å²) >= 11 is 0. The molecule has 1 aromatic carbocycles. The molecular formula is C13H18O3. The highest BCUT2D eigenvalue weighted by molar-refractivity contribution is 5.89. The monoisotopic (exact) mass is 222 g/mol. The number of benzene rings is 1. The first-order valence-corrected chi connectivity index (χ1v) is 5.68. The van der Waals surface area contributed by atoms with Gasteiger partial charge in [0.2, 0.25) is 0 Å². The predicted molar refractivity (Wildman–Crippen MR) is 62.8 cm³/mol. The van der Waals surface area contributed by atoms with Crippen molar-refractivity contribution >= 4 is 5.97 Å². The molecular weight excluding hydrogens is 204 g/mol. The Morgan fingerprint density at radius 1 is 1.19 bits per heavy atom. The highest BCUT2D eigenvalue weighted by Crippen LogP contribution is 2.13. The average molecular weight is 222 g/mol. The number of hydrogen-bond acceptors (Lipinski definition) is 3. The number of esters is 1. The van der Waals surface area contributed by atoms with Gasteiger partial charge in [0, 0.05) is 0 Å². The molecule has 1 aromatic rings. The van der Waals surface area contributed by atoms with E-state index in [-0.39, 0.29) is 5.97 Å². The largest absolute Gasteiger partial charge is 0.494 e. The summed E-state index contributed by atoms with van der Waals surface area (Å²) in [6, 6.07) is 7.03. The topological polar surface area (TPSA) is 35.5 Å². The number of unbranched alkanes of at least 4 members (excludes halogenated alkanes) is 1. The Kier molecular flexibility index (Phi) is 5.40. The van der Waals surface area contributed by atoms with Gasteiger partial charge in [-0.25, -0.2) is 4.79 Å². The predicted octanol–water partition coefficient (Wildman–Crippen LogP) is 3.04. The number of hydrogen-bond donors (Lipinski definition) is 0. The van der Waals surface area contributed by atoms with Crippen LogP contribution in [-0.2, 0) is 4.74 Å². The molecule has 0 aliphatic carbocycles.